The van der Waals surface area contributed by atoms with E-state index in [2.05, 4.69) is 4.90 Å². The Morgan fingerprint density at radius 3 is 2.49 bits per heavy atom. The lowest BCUT2D eigenvalue weighted by Gasteiger charge is -2.38. The van der Waals surface area contributed by atoms with Crippen LogP contribution in [-0.2, 0) is 5.54 Å². The first kappa shape index (κ1) is 23.7. The molecule has 2 fully saturated rings. The highest BCUT2D eigenvalue weighted by Crippen LogP contribution is 2.62. The molecule has 0 bridgehead atoms. The number of ketones is 2. The largest absolute Gasteiger partial charge is 0.504 e. The van der Waals surface area contributed by atoms with Gasteiger partial charge < -0.3 is 20.1 Å². The molecule has 7 rings (SSSR count). The molecular weight excluding hydrogens is 494 g/mol. The van der Waals surface area contributed by atoms with Crippen LogP contribution in [0.1, 0.15) is 50.6 Å². The molecular formula is C32H27NO6. The van der Waals surface area contributed by atoms with Crippen molar-refractivity contribution in [3.8, 4) is 23.0 Å². The molecule has 2 heterocycles. The van der Waals surface area contributed by atoms with Crippen LogP contribution < -0.4 is 4.74 Å². The summed E-state index contributed by atoms with van der Waals surface area (Å²) in [6, 6.07) is 20.7. The van der Waals surface area contributed by atoms with Gasteiger partial charge in [-0.1, -0.05) is 42.5 Å². The van der Waals surface area contributed by atoms with Gasteiger partial charge in [-0.25, -0.2) is 0 Å². The van der Waals surface area contributed by atoms with Crippen molar-refractivity contribution in [3.05, 3.63) is 95.1 Å². The molecule has 4 aromatic carbocycles. The first-order chi connectivity index (χ1) is 18.9. The molecule has 3 N–H and O–H groups in total. The van der Waals surface area contributed by atoms with Crippen LogP contribution in [0.3, 0.4) is 0 Å². The summed E-state index contributed by atoms with van der Waals surface area (Å²) >= 11 is 0. The molecule has 4 unspecified atom stereocenters. The lowest BCUT2D eigenvalue weighted by Crippen LogP contribution is -2.51. The van der Waals surface area contributed by atoms with Gasteiger partial charge in [-0.2, -0.15) is 0 Å². The molecule has 196 valence electrons. The van der Waals surface area contributed by atoms with Crippen LogP contribution in [0.15, 0.2) is 72.8 Å². The van der Waals surface area contributed by atoms with E-state index in [1.165, 1.54) is 25.3 Å². The van der Waals surface area contributed by atoms with E-state index in [1.54, 1.807) is 18.2 Å². The fourth-order valence-electron chi connectivity index (χ4n) is 7.56. The fraction of sp³-hybridized carbons (Fsp3) is 0.250. The van der Waals surface area contributed by atoms with Crippen molar-refractivity contribution in [1.29, 1.82) is 0 Å². The molecule has 2 aliphatic heterocycles. The number of Topliss-reactive ketones (excluding diaryl/α,β-unsaturated/α-hetero) is 2. The molecule has 0 amide bonds. The zero-order valence-corrected chi connectivity index (χ0v) is 21.3. The van der Waals surface area contributed by atoms with Gasteiger partial charge in [0.1, 0.15) is 5.54 Å². The SMILES string of the molecule is COc1cc(C2C3CCCN3C3(C(=O)c4cccc5cccc3c45)C2C(=O)c2ccc(O)c(O)c2)ccc1O. The Morgan fingerprint density at radius 2 is 1.72 bits per heavy atom. The van der Waals surface area contributed by atoms with Crippen molar-refractivity contribution in [3.63, 3.8) is 0 Å². The number of carbonyl (C=O) groups is 2. The van der Waals surface area contributed by atoms with Gasteiger partial charge in [0.2, 0.25) is 0 Å². The van der Waals surface area contributed by atoms with Crippen LogP contribution in [-0.4, -0.2) is 51.5 Å². The van der Waals surface area contributed by atoms with Crippen LogP contribution in [0.5, 0.6) is 23.0 Å². The van der Waals surface area contributed by atoms with Gasteiger partial charge in [-0.15, -0.1) is 0 Å². The molecule has 39 heavy (non-hydrogen) atoms. The summed E-state index contributed by atoms with van der Waals surface area (Å²) in [5.74, 6) is -2.00. The van der Waals surface area contributed by atoms with Crippen molar-refractivity contribution >= 4 is 22.3 Å². The highest BCUT2D eigenvalue weighted by atomic mass is 16.5. The van der Waals surface area contributed by atoms with E-state index in [-0.39, 0.29) is 46.3 Å². The second-order valence-electron chi connectivity index (χ2n) is 10.7. The van der Waals surface area contributed by atoms with E-state index in [9.17, 15) is 24.9 Å². The van der Waals surface area contributed by atoms with Gasteiger partial charge in [-0.3, -0.25) is 14.5 Å². The Kier molecular flexibility index (Phi) is 5.06. The summed E-state index contributed by atoms with van der Waals surface area (Å²) < 4.78 is 5.42. The standard InChI is InChI=1S/C32H27NO6/c1-39-26-16-18(10-13-24(26)35)28-22-9-4-14-33(22)32(29(28)30(37)19-11-12-23(34)25(36)15-19)21-8-3-6-17-5-2-7-20(27(17)21)31(32)38/h2-3,5-8,10-13,15-16,22,28-29,34-36H,4,9,14H2,1H3. The molecule has 4 aromatic rings. The Labute approximate surface area is 224 Å². The summed E-state index contributed by atoms with van der Waals surface area (Å²) in [6.45, 7) is 0.664. The third kappa shape index (κ3) is 3.02. The van der Waals surface area contributed by atoms with E-state index in [4.69, 9.17) is 4.74 Å². The van der Waals surface area contributed by atoms with Crippen molar-refractivity contribution in [2.75, 3.05) is 13.7 Å². The summed E-state index contributed by atoms with van der Waals surface area (Å²) in [6.07, 6.45) is 1.69. The predicted molar refractivity (Wildman–Crippen MR) is 145 cm³/mol. The van der Waals surface area contributed by atoms with Crippen molar-refractivity contribution in [2.24, 2.45) is 5.92 Å². The zero-order chi connectivity index (χ0) is 27.1. The monoisotopic (exact) mass is 521 g/mol. The second kappa shape index (κ2) is 8.32. The van der Waals surface area contributed by atoms with E-state index >= 15 is 0 Å². The number of carbonyl (C=O) groups excluding carboxylic acids is 2. The Balaban J connectivity index is 1.53. The summed E-state index contributed by atoms with van der Waals surface area (Å²) in [5.41, 5.74) is 1.24. The van der Waals surface area contributed by atoms with Crippen molar-refractivity contribution in [1.82, 2.24) is 4.90 Å². The number of ether oxygens (including phenoxy) is 1. The minimum Gasteiger partial charge on any atom is -0.504 e. The lowest BCUT2D eigenvalue weighted by atomic mass is 9.68. The van der Waals surface area contributed by atoms with E-state index in [1.807, 2.05) is 36.4 Å². The van der Waals surface area contributed by atoms with E-state index < -0.39 is 11.5 Å². The average Bonchev–Trinajstić information content (AvgIpc) is 3.60. The summed E-state index contributed by atoms with van der Waals surface area (Å²) in [4.78, 5) is 31.6. The maximum absolute atomic E-state index is 14.7. The zero-order valence-electron chi connectivity index (χ0n) is 21.3. The van der Waals surface area contributed by atoms with Gasteiger partial charge in [0.05, 0.1) is 13.0 Å². The average molecular weight is 522 g/mol. The Bertz CT molecular complexity index is 1690. The van der Waals surface area contributed by atoms with Crippen molar-refractivity contribution in [2.45, 2.75) is 30.3 Å². The normalized spacial score (nSPS) is 25.5. The van der Waals surface area contributed by atoms with Crippen LogP contribution in [0.4, 0.5) is 0 Å². The first-order valence-corrected chi connectivity index (χ1v) is 13.1. The smallest absolute Gasteiger partial charge is 0.189 e. The molecule has 0 aromatic heterocycles. The third-order valence-electron chi connectivity index (χ3n) is 9.01. The highest BCUT2D eigenvalue weighted by Gasteiger charge is 2.69. The van der Waals surface area contributed by atoms with Crippen LogP contribution >= 0.6 is 0 Å². The number of rotatable bonds is 4. The predicted octanol–water partition coefficient (Wildman–Crippen LogP) is 5.12. The molecule has 3 aliphatic rings. The summed E-state index contributed by atoms with van der Waals surface area (Å²) in [7, 11) is 1.48. The van der Waals surface area contributed by atoms with Crippen LogP contribution in [0.25, 0.3) is 10.8 Å². The fourth-order valence-corrected chi connectivity index (χ4v) is 7.56. The van der Waals surface area contributed by atoms with Gasteiger partial charge in [0.15, 0.2) is 34.6 Å². The third-order valence-corrected chi connectivity index (χ3v) is 9.01. The highest BCUT2D eigenvalue weighted by molar-refractivity contribution is 6.22. The van der Waals surface area contributed by atoms with E-state index in [0.717, 1.165) is 34.7 Å². The van der Waals surface area contributed by atoms with Gasteiger partial charge in [0.25, 0.3) is 0 Å². The molecule has 0 saturated carbocycles. The number of phenolic OH excluding ortho intramolecular Hbond substituents is 3. The van der Waals surface area contributed by atoms with Crippen molar-refractivity contribution < 1.29 is 29.6 Å². The molecule has 2 saturated heterocycles. The van der Waals surface area contributed by atoms with Crippen LogP contribution in [0.2, 0.25) is 0 Å². The number of nitrogens with zero attached hydrogens (tertiary/aromatic N) is 1. The molecule has 4 atom stereocenters. The number of hydrogen-bond donors (Lipinski definition) is 3. The Hall–Kier alpha value is -4.36. The van der Waals surface area contributed by atoms with Gasteiger partial charge in [0, 0.05) is 23.1 Å². The molecule has 1 aliphatic carbocycles. The number of fused-ring (bicyclic) bond motifs is 3. The molecule has 0 radical (unpaired) electrons. The number of phenols is 3. The Morgan fingerprint density at radius 1 is 0.949 bits per heavy atom. The molecule has 7 heteroatoms. The first-order valence-electron chi connectivity index (χ1n) is 13.1. The quantitative estimate of drug-likeness (QED) is 0.253. The van der Waals surface area contributed by atoms with Crippen LogP contribution in [0, 0.1) is 5.92 Å². The maximum atomic E-state index is 14.7. The number of hydrogen-bond acceptors (Lipinski definition) is 7. The minimum absolute atomic E-state index is 0.00214. The topological polar surface area (TPSA) is 107 Å². The maximum Gasteiger partial charge on any atom is 0.189 e. The number of aromatic hydroxyl groups is 3. The minimum atomic E-state index is -1.23. The van der Waals surface area contributed by atoms with E-state index in [0.29, 0.717) is 17.9 Å². The number of methoxy groups -OCH3 is 1. The van der Waals surface area contributed by atoms with Gasteiger partial charge >= 0.3 is 0 Å². The second-order valence-corrected chi connectivity index (χ2v) is 10.7. The van der Waals surface area contributed by atoms with Gasteiger partial charge in [-0.05, 0) is 71.6 Å². The molecule has 7 nitrogen and oxygen atoms in total. The summed E-state index contributed by atoms with van der Waals surface area (Å²) in [5, 5.41) is 32.4. The molecule has 1 spiro atoms. The lowest BCUT2D eigenvalue weighted by molar-refractivity contribution is 0.0519. The number of benzene rings is 4.